The molecule has 3 N–H and O–H groups in total. The lowest BCUT2D eigenvalue weighted by Gasteiger charge is -2.24. The Balaban J connectivity index is 2.19. The molecule has 0 saturated heterocycles. The average Bonchev–Trinajstić information content (AvgIpc) is 2.57. The highest BCUT2D eigenvalue weighted by molar-refractivity contribution is 5.94. The molecule has 2 rings (SSSR count). The van der Waals surface area contributed by atoms with Crippen LogP contribution in [0.3, 0.4) is 0 Å². The van der Waals surface area contributed by atoms with Gasteiger partial charge < -0.3 is 15.5 Å². The molecule has 0 heterocycles. The SMILES string of the molecule is CC(C)NC(=O)C[NH+](C)[C@@H](C(=O)Nc1ccc(F)cc1)c1ccccc1. The van der Waals surface area contributed by atoms with Crippen LogP contribution in [0, 0.1) is 5.82 Å². The third kappa shape index (κ3) is 5.67. The first-order chi connectivity index (χ1) is 12.4. The zero-order chi connectivity index (χ0) is 19.1. The lowest BCUT2D eigenvalue weighted by molar-refractivity contribution is -0.894. The summed E-state index contributed by atoms with van der Waals surface area (Å²) in [6, 6.07) is 14.4. The van der Waals surface area contributed by atoms with Gasteiger partial charge in [0.2, 0.25) is 0 Å². The van der Waals surface area contributed by atoms with Gasteiger partial charge in [-0.05, 0) is 38.1 Å². The summed E-state index contributed by atoms with van der Waals surface area (Å²) in [4.78, 5) is 25.7. The fourth-order valence-corrected chi connectivity index (χ4v) is 2.78. The minimum atomic E-state index is -0.570. The molecule has 1 unspecified atom stereocenters. The van der Waals surface area contributed by atoms with Crippen molar-refractivity contribution in [3.8, 4) is 0 Å². The van der Waals surface area contributed by atoms with E-state index in [4.69, 9.17) is 0 Å². The van der Waals surface area contributed by atoms with Crippen LogP contribution in [0.15, 0.2) is 54.6 Å². The number of anilines is 1. The Bertz CT molecular complexity index is 732. The van der Waals surface area contributed by atoms with Crippen LogP contribution in [0.2, 0.25) is 0 Å². The van der Waals surface area contributed by atoms with Crippen LogP contribution < -0.4 is 15.5 Å². The van der Waals surface area contributed by atoms with Gasteiger partial charge in [0.1, 0.15) is 5.82 Å². The van der Waals surface area contributed by atoms with Gasteiger partial charge >= 0.3 is 0 Å². The monoisotopic (exact) mass is 358 g/mol. The number of rotatable bonds is 7. The van der Waals surface area contributed by atoms with Crippen molar-refractivity contribution in [3.63, 3.8) is 0 Å². The maximum absolute atomic E-state index is 13.1. The van der Waals surface area contributed by atoms with Gasteiger partial charge in [-0.15, -0.1) is 0 Å². The van der Waals surface area contributed by atoms with Crippen molar-refractivity contribution in [1.82, 2.24) is 5.32 Å². The molecular weight excluding hydrogens is 333 g/mol. The van der Waals surface area contributed by atoms with Crippen molar-refractivity contribution in [2.24, 2.45) is 0 Å². The lowest BCUT2D eigenvalue weighted by atomic mass is 10.0. The molecule has 26 heavy (non-hydrogen) atoms. The zero-order valence-corrected chi connectivity index (χ0v) is 15.3. The summed E-state index contributed by atoms with van der Waals surface area (Å²) in [6.07, 6.45) is 0. The van der Waals surface area contributed by atoms with Gasteiger partial charge in [0.25, 0.3) is 11.8 Å². The van der Waals surface area contributed by atoms with Gasteiger partial charge in [-0.1, -0.05) is 30.3 Å². The Morgan fingerprint density at radius 3 is 2.23 bits per heavy atom. The number of hydrogen-bond donors (Lipinski definition) is 3. The van der Waals surface area contributed by atoms with Gasteiger partial charge in [-0.2, -0.15) is 0 Å². The molecule has 2 aromatic rings. The van der Waals surface area contributed by atoms with Crippen molar-refractivity contribution in [3.05, 3.63) is 66.0 Å². The summed E-state index contributed by atoms with van der Waals surface area (Å²) < 4.78 is 13.1. The molecule has 0 radical (unpaired) electrons. The minimum absolute atomic E-state index is 0.0403. The molecule has 138 valence electrons. The minimum Gasteiger partial charge on any atom is -0.349 e. The van der Waals surface area contributed by atoms with E-state index in [2.05, 4.69) is 10.6 Å². The van der Waals surface area contributed by atoms with Gasteiger partial charge in [-0.25, -0.2) is 4.39 Å². The third-order valence-corrected chi connectivity index (χ3v) is 3.89. The second-order valence-corrected chi connectivity index (χ2v) is 6.59. The molecule has 0 spiro atoms. The van der Waals surface area contributed by atoms with E-state index >= 15 is 0 Å². The first-order valence-electron chi connectivity index (χ1n) is 8.60. The number of benzene rings is 2. The summed E-state index contributed by atoms with van der Waals surface area (Å²) in [6.45, 7) is 3.95. The summed E-state index contributed by atoms with van der Waals surface area (Å²) in [5, 5.41) is 5.65. The number of carbonyl (C=O) groups is 2. The first kappa shape index (κ1) is 19.6. The molecule has 0 aromatic heterocycles. The second kappa shape index (κ2) is 9.10. The number of likely N-dealkylation sites (N-methyl/N-ethyl adjacent to an activating group) is 1. The molecule has 5 nitrogen and oxygen atoms in total. The quantitative estimate of drug-likeness (QED) is 0.703. The van der Waals surface area contributed by atoms with E-state index in [0.29, 0.717) is 5.69 Å². The van der Waals surface area contributed by atoms with Gasteiger partial charge in [0, 0.05) is 17.3 Å². The lowest BCUT2D eigenvalue weighted by Crippen LogP contribution is -3.11. The maximum Gasteiger partial charge on any atom is 0.287 e. The topological polar surface area (TPSA) is 62.6 Å². The van der Waals surface area contributed by atoms with Gasteiger partial charge in [0.15, 0.2) is 12.6 Å². The van der Waals surface area contributed by atoms with E-state index in [0.717, 1.165) is 10.5 Å². The van der Waals surface area contributed by atoms with Crippen LogP contribution in [0.25, 0.3) is 0 Å². The molecule has 2 amide bonds. The van der Waals surface area contributed by atoms with E-state index < -0.39 is 6.04 Å². The van der Waals surface area contributed by atoms with Crippen LogP contribution in [0.1, 0.15) is 25.5 Å². The fourth-order valence-electron chi connectivity index (χ4n) is 2.78. The van der Waals surface area contributed by atoms with Crippen LogP contribution in [0.4, 0.5) is 10.1 Å². The average molecular weight is 358 g/mol. The second-order valence-electron chi connectivity index (χ2n) is 6.59. The third-order valence-electron chi connectivity index (χ3n) is 3.89. The maximum atomic E-state index is 13.1. The molecule has 0 saturated carbocycles. The smallest absolute Gasteiger partial charge is 0.287 e. The van der Waals surface area contributed by atoms with E-state index in [1.165, 1.54) is 24.3 Å². The van der Waals surface area contributed by atoms with Crippen LogP contribution in [-0.2, 0) is 9.59 Å². The predicted molar refractivity (Wildman–Crippen MR) is 99.2 cm³/mol. The van der Waals surface area contributed by atoms with E-state index in [-0.39, 0.29) is 30.2 Å². The molecule has 6 heteroatoms. The fraction of sp³-hybridized carbons (Fsp3) is 0.300. The first-order valence-corrected chi connectivity index (χ1v) is 8.60. The summed E-state index contributed by atoms with van der Waals surface area (Å²) >= 11 is 0. The molecule has 0 aliphatic heterocycles. The molecule has 0 aliphatic carbocycles. The standard InChI is InChI=1S/C20H24FN3O2/c1-14(2)22-18(25)13-24(3)19(15-7-5-4-6-8-15)20(26)23-17-11-9-16(21)10-12-17/h4-12,14,19H,13H2,1-3H3,(H,22,25)(H,23,26)/p+1/t19-/m1/s1. The number of halogens is 1. The summed E-state index contributed by atoms with van der Waals surface area (Å²) in [5.41, 5.74) is 1.32. The van der Waals surface area contributed by atoms with E-state index in [1.807, 2.05) is 51.2 Å². The van der Waals surface area contributed by atoms with Crippen LogP contribution >= 0.6 is 0 Å². The van der Waals surface area contributed by atoms with Gasteiger partial charge in [0.05, 0.1) is 7.05 Å². The van der Waals surface area contributed by atoms with Crippen molar-refractivity contribution in [2.45, 2.75) is 25.9 Å². The number of nitrogens with one attached hydrogen (secondary N) is 3. The molecule has 2 atom stereocenters. The van der Waals surface area contributed by atoms with Gasteiger partial charge in [-0.3, -0.25) is 9.59 Å². The molecule has 0 bridgehead atoms. The number of hydrogen-bond acceptors (Lipinski definition) is 2. The highest BCUT2D eigenvalue weighted by atomic mass is 19.1. The summed E-state index contributed by atoms with van der Waals surface area (Å²) in [7, 11) is 1.81. The molecule has 0 aliphatic rings. The van der Waals surface area contributed by atoms with E-state index in [1.54, 1.807) is 0 Å². The highest BCUT2D eigenvalue weighted by Crippen LogP contribution is 2.14. The van der Waals surface area contributed by atoms with E-state index in [9.17, 15) is 14.0 Å². The predicted octanol–water partition coefficient (Wildman–Crippen LogP) is 1.54. The van der Waals surface area contributed by atoms with Crippen LogP contribution in [0.5, 0.6) is 0 Å². The Hall–Kier alpha value is -2.73. The van der Waals surface area contributed by atoms with Crippen molar-refractivity contribution < 1.29 is 18.9 Å². The normalized spacial score (nSPS) is 13.1. The number of quaternary nitrogens is 1. The van der Waals surface area contributed by atoms with Crippen molar-refractivity contribution in [2.75, 3.05) is 18.9 Å². The molecule has 2 aromatic carbocycles. The Labute approximate surface area is 153 Å². The number of carbonyl (C=O) groups excluding carboxylic acids is 2. The largest absolute Gasteiger partial charge is 0.349 e. The van der Waals surface area contributed by atoms with Crippen molar-refractivity contribution >= 4 is 17.5 Å². The molecular formula is C20H25FN3O2+. The highest BCUT2D eigenvalue weighted by Gasteiger charge is 2.30. The number of amides is 2. The van der Waals surface area contributed by atoms with Crippen LogP contribution in [-0.4, -0.2) is 31.4 Å². The Morgan fingerprint density at radius 2 is 1.65 bits per heavy atom. The van der Waals surface area contributed by atoms with Crippen molar-refractivity contribution in [1.29, 1.82) is 0 Å². The Kier molecular flexibility index (Phi) is 6.86. The zero-order valence-electron chi connectivity index (χ0n) is 15.3. The summed E-state index contributed by atoms with van der Waals surface area (Å²) in [5.74, 6) is -0.735. The molecule has 0 fully saturated rings. The Morgan fingerprint density at radius 1 is 1.04 bits per heavy atom.